The van der Waals surface area contributed by atoms with Gasteiger partial charge >= 0.3 is 25.7 Å². The number of rotatable bonds is 54. The molecule has 0 aliphatic heterocycles. The Balaban J connectivity index is 4.67. The Morgan fingerprint density at radius 1 is 0.400 bits per heavy atom. The average molecular weight is 1010 g/mol. The molecule has 0 aromatic carbocycles. The first-order valence-corrected chi connectivity index (χ1v) is 30.4. The molecule has 0 heterocycles. The summed E-state index contributed by atoms with van der Waals surface area (Å²) in [6.07, 6.45) is 53.9. The molecule has 0 amide bonds. The number of carbonyl (C=O) groups is 3. The largest absolute Gasteiger partial charge is 0.472 e. The highest BCUT2D eigenvalue weighted by Crippen LogP contribution is 2.43. The topological polar surface area (TPSA) is 155 Å². The molecule has 410 valence electrons. The highest BCUT2D eigenvalue weighted by molar-refractivity contribution is 7.47. The number of aliphatic hydroxyl groups excluding tert-OH is 1. The molecule has 0 aliphatic rings. The summed E-state index contributed by atoms with van der Waals surface area (Å²) in [7, 11) is -4.74. The van der Waals surface area contributed by atoms with Crippen molar-refractivity contribution < 1.29 is 52.2 Å². The van der Waals surface area contributed by atoms with Gasteiger partial charge in [0.25, 0.3) is 0 Å². The second-order valence-corrected chi connectivity index (χ2v) is 20.9. The highest BCUT2D eigenvalue weighted by atomic mass is 31.2. The number of aliphatic hydroxyl groups is 1. The molecule has 0 fully saturated rings. The molecule has 0 spiro atoms. The monoisotopic (exact) mass is 1010 g/mol. The van der Waals surface area contributed by atoms with Crippen LogP contribution in [0.4, 0.5) is 0 Å². The fourth-order valence-corrected chi connectivity index (χ4v) is 8.88. The van der Waals surface area contributed by atoms with Crippen LogP contribution in [0.15, 0.2) is 36.5 Å². The van der Waals surface area contributed by atoms with Gasteiger partial charge in [0.05, 0.1) is 19.8 Å². The first-order valence-electron chi connectivity index (χ1n) is 28.9. The van der Waals surface area contributed by atoms with Crippen molar-refractivity contribution in [1.29, 1.82) is 0 Å². The van der Waals surface area contributed by atoms with Crippen molar-refractivity contribution >= 4 is 25.7 Å². The van der Waals surface area contributed by atoms with E-state index in [-0.39, 0.29) is 25.9 Å². The van der Waals surface area contributed by atoms with Gasteiger partial charge in [-0.3, -0.25) is 23.4 Å². The molecule has 70 heavy (non-hydrogen) atoms. The predicted molar refractivity (Wildman–Crippen MR) is 289 cm³/mol. The van der Waals surface area contributed by atoms with Crippen LogP contribution in [0.3, 0.4) is 0 Å². The van der Waals surface area contributed by atoms with Crippen molar-refractivity contribution in [1.82, 2.24) is 0 Å². The minimum Gasteiger partial charge on any atom is -0.462 e. The molecule has 0 bridgehead atoms. The van der Waals surface area contributed by atoms with E-state index in [4.69, 9.17) is 23.3 Å². The molecule has 0 saturated carbocycles. The summed E-state index contributed by atoms with van der Waals surface area (Å²) in [4.78, 5) is 48.4. The number of carbonyl (C=O) groups excluding carboxylic acids is 3. The second-order valence-electron chi connectivity index (χ2n) is 19.5. The van der Waals surface area contributed by atoms with Crippen LogP contribution in [-0.2, 0) is 42.2 Å². The van der Waals surface area contributed by atoms with Gasteiger partial charge in [-0.1, -0.05) is 224 Å². The lowest BCUT2D eigenvalue weighted by atomic mass is 10.1. The number of hydrogen-bond acceptors (Lipinski definition) is 10. The van der Waals surface area contributed by atoms with Crippen molar-refractivity contribution in [3.05, 3.63) is 36.5 Å². The predicted octanol–water partition coefficient (Wildman–Crippen LogP) is 16.8. The van der Waals surface area contributed by atoms with E-state index in [0.29, 0.717) is 19.3 Å². The van der Waals surface area contributed by atoms with Gasteiger partial charge in [-0.05, 0) is 70.6 Å². The molecule has 0 aromatic heterocycles. The average Bonchev–Trinajstić information content (AvgIpc) is 3.35. The van der Waals surface area contributed by atoms with Crippen LogP contribution in [0.2, 0.25) is 0 Å². The van der Waals surface area contributed by atoms with E-state index < -0.39 is 57.8 Å². The smallest absolute Gasteiger partial charge is 0.462 e. The van der Waals surface area contributed by atoms with E-state index in [2.05, 4.69) is 57.2 Å². The van der Waals surface area contributed by atoms with Gasteiger partial charge < -0.3 is 24.2 Å². The third-order valence-corrected chi connectivity index (χ3v) is 13.5. The van der Waals surface area contributed by atoms with Gasteiger partial charge in [-0.2, -0.15) is 0 Å². The first-order chi connectivity index (χ1) is 34.2. The molecular weight excluding hydrogens is 904 g/mol. The lowest BCUT2D eigenvalue weighted by Crippen LogP contribution is -2.30. The molecule has 0 aromatic rings. The summed E-state index contributed by atoms with van der Waals surface area (Å²) in [6.45, 7) is 4.58. The molecule has 0 aliphatic carbocycles. The summed E-state index contributed by atoms with van der Waals surface area (Å²) >= 11 is 0. The first kappa shape index (κ1) is 67.7. The number of phosphoric acid groups is 1. The van der Waals surface area contributed by atoms with E-state index in [1.807, 2.05) is 0 Å². The molecular formula is C58H107O11P. The van der Waals surface area contributed by atoms with Gasteiger partial charge in [0.1, 0.15) is 12.7 Å². The van der Waals surface area contributed by atoms with E-state index in [1.54, 1.807) is 0 Å². The van der Waals surface area contributed by atoms with Gasteiger partial charge in [0.2, 0.25) is 0 Å². The molecule has 0 saturated heterocycles. The standard InChI is InChI=1S/C58H107O11P/c1-4-7-10-13-16-19-22-24-25-26-27-28-29-31-33-35-38-41-44-47-56(60)65-51-55(69-58(62)49-46-43-40-37-34-30-23-20-17-14-11-8-5-2)53-67-70(63,64)66-52-54(50-59)68-57(61)48-45-42-39-36-32-21-18-15-12-9-6-3/h11,14,20,23-25,54-55,59H,4-10,12-13,15-19,21-22,26-53H2,1-3H3,(H,63,64)/b14-11-,23-20-,25-24-. The van der Waals surface area contributed by atoms with E-state index in [9.17, 15) is 28.9 Å². The summed E-state index contributed by atoms with van der Waals surface area (Å²) in [6, 6.07) is 0. The molecule has 0 rings (SSSR count). The second kappa shape index (κ2) is 53.0. The molecule has 0 radical (unpaired) electrons. The Morgan fingerprint density at radius 3 is 1.13 bits per heavy atom. The Bertz CT molecular complexity index is 1320. The Labute approximate surface area is 429 Å². The summed E-state index contributed by atoms with van der Waals surface area (Å²) < 4.78 is 39.5. The Kier molecular flexibility index (Phi) is 51.3. The fourth-order valence-electron chi connectivity index (χ4n) is 8.10. The van der Waals surface area contributed by atoms with Gasteiger partial charge in [0.15, 0.2) is 6.10 Å². The third-order valence-electron chi connectivity index (χ3n) is 12.5. The van der Waals surface area contributed by atoms with Crippen LogP contribution < -0.4 is 0 Å². The van der Waals surface area contributed by atoms with Gasteiger partial charge in [-0.25, -0.2) is 4.57 Å². The van der Waals surface area contributed by atoms with Gasteiger partial charge in [0, 0.05) is 19.3 Å². The molecule has 3 unspecified atom stereocenters. The molecule has 3 atom stereocenters. The number of esters is 3. The minimum atomic E-state index is -4.74. The zero-order valence-corrected chi connectivity index (χ0v) is 46.1. The van der Waals surface area contributed by atoms with Crippen molar-refractivity contribution in [2.45, 2.75) is 290 Å². The maximum absolute atomic E-state index is 12.9. The number of allylic oxidation sites excluding steroid dienone is 6. The van der Waals surface area contributed by atoms with E-state index in [1.165, 1.54) is 128 Å². The van der Waals surface area contributed by atoms with Crippen LogP contribution in [0.5, 0.6) is 0 Å². The minimum absolute atomic E-state index is 0.154. The zero-order chi connectivity index (χ0) is 51.3. The van der Waals surface area contributed by atoms with E-state index >= 15 is 0 Å². The van der Waals surface area contributed by atoms with Crippen LogP contribution in [0.25, 0.3) is 0 Å². The molecule has 11 nitrogen and oxygen atoms in total. The van der Waals surface area contributed by atoms with Crippen LogP contribution in [0.1, 0.15) is 278 Å². The number of phosphoric ester groups is 1. The SMILES string of the molecule is CCC/C=C\C/C=C\CCCCCCCC(=O)OC(COC(=O)CCCCCCCCCCC/C=C\CCCCCCCC)COP(=O)(O)OCC(CO)OC(=O)CCCCCCCCCCCCC. The van der Waals surface area contributed by atoms with Crippen LogP contribution in [0, 0.1) is 0 Å². The van der Waals surface area contributed by atoms with Crippen molar-refractivity contribution in [2.75, 3.05) is 26.4 Å². The summed E-state index contributed by atoms with van der Waals surface area (Å²) in [5, 5.41) is 9.78. The lowest BCUT2D eigenvalue weighted by molar-refractivity contribution is -0.161. The van der Waals surface area contributed by atoms with Gasteiger partial charge in [-0.15, -0.1) is 0 Å². The third kappa shape index (κ3) is 50.6. The molecule has 2 N–H and O–H groups in total. The zero-order valence-electron chi connectivity index (χ0n) is 45.2. The van der Waals surface area contributed by atoms with Crippen molar-refractivity contribution in [2.24, 2.45) is 0 Å². The fraction of sp³-hybridized carbons (Fsp3) is 0.845. The quantitative estimate of drug-likeness (QED) is 0.0197. The maximum Gasteiger partial charge on any atom is 0.472 e. The van der Waals surface area contributed by atoms with Crippen molar-refractivity contribution in [3.63, 3.8) is 0 Å². The van der Waals surface area contributed by atoms with Crippen LogP contribution in [-0.4, -0.2) is 66.5 Å². The van der Waals surface area contributed by atoms with Crippen LogP contribution >= 0.6 is 7.82 Å². The van der Waals surface area contributed by atoms with E-state index in [0.717, 1.165) is 89.9 Å². The Morgan fingerprint density at radius 2 is 0.729 bits per heavy atom. The summed E-state index contributed by atoms with van der Waals surface area (Å²) in [5.74, 6) is -1.47. The molecule has 12 heteroatoms. The summed E-state index contributed by atoms with van der Waals surface area (Å²) in [5.41, 5.74) is 0. The Hall–Kier alpha value is -2.30. The lowest BCUT2D eigenvalue weighted by Gasteiger charge is -2.21. The maximum atomic E-state index is 12.9. The number of unbranched alkanes of at least 4 members (excludes halogenated alkanes) is 31. The number of ether oxygens (including phenoxy) is 3. The highest BCUT2D eigenvalue weighted by Gasteiger charge is 2.28. The number of hydrogen-bond donors (Lipinski definition) is 2. The van der Waals surface area contributed by atoms with Crippen molar-refractivity contribution in [3.8, 4) is 0 Å². The normalized spacial score (nSPS) is 13.6.